The number of benzene rings is 1. The summed E-state index contributed by atoms with van der Waals surface area (Å²) in [5.74, 6) is -6.26. The molecule has 0 spiro atoms. The zero-order chi connectivity index (χ0) is 40.4. The highest BCUT2D eigenvalue weighted by atomic mass is 32.2. The summed E-state index contributed by atoms with van der Waals surface area (Å²) in [5.41, 5.74) is -0.741. The fourth-order valence-corrected chi connectivity index (χ4v) is 7.85. The van der Waals surface area contributed by atoms with Gasteiger partial charge < -0.3 is 62.2 Å². The van der Waals surface area contributed by atoms with E-state index in [1.54, 1.807) is 24.3 Å². The lowest BCUT2D eigenvalue weighted by Crippen LogP contribution is -2.61. The van der Waals surface area contributed by atoms with Gasteiger partial charge in [0, 0.05) is 42.5 Å². The van der Waals surface area contributed by atoms with Crippen molar-refractivity contribution in [1.29, 1.82) is 0 Å². The van der Waals surface area contributed by atoms with Crippen LogP contribution in [0, 0.1) is 0 Å². The van der Waals surface area contributed by atoms with Crippen LogP contribution in [0.2, 0.25) is 0 Å². The van der Waals surface area contributed by atoms with Crippen molar-refractivity contribution in [2.45, 2.75) is 112 Å². The smallest absolute Gasteiger partial charge is 0.246 e. The predicted octanol–water partition coefficient (Wildman–Crippen LogP) is -3.75. The van der Waals surface area contributed by atoms with Gasteiger partial charge in [0.05, 0.1) is 29.4 Å². The molecule has 5 rings (SSSR count). The second-order valence-corrected chi connectivity index (χ2v) is 15.6. The van der Waals surface area contributed by atoms with E-state index in [1.165, 1.54) is 27.7 Å². The lowest BCUT2D eigenvalue weighted by molar-refractivity contribution is -0.142. The Labute approximate surface area is 320 Å². The molecule has 0 unspecified atom stereocenters. The van der Waals surface area contributed by atoms with Crippen LogP contribution in [0.25, 0.3) is 10.9 Å². The van der Waals surface area contributed by atoms with Crippen molar-refractivity contribution in [2.75, 3.05) is 18.9 Å². The van der Waals surface area contributed by atoms with E-state index in [1.807, 2.05) is 0 Å². The number of amides is 7. The van der Waals surface area contributed by atoms with Gasteiger partial charge in [-0.3, -0.25) is 33.6 Å². The Balaban J connectivity index is 1.69. The van der Waals surface area contributed by atoms with Crippen LogP contribution < -0.4 is 31.9 Å². The van der Waals surface area contributed by atoms with Crippen molar-refractivity contribution < 1.29 is 54.0 Å². The molecular weight excluding hydrogens is 740 g/mol. The molecule has 55 heavy (non-hydrogen) atoms. The van der Waals surface area contributed by atoms with Gasteiger partial charge in [-0.1, -0.05) is 18.2 Å². The van der Waals surface area contributed by atoms with Gasteiger partial charge in [0.15, 0.2) is 0 Å². The third kappa shape index (κ3) is 9.55. The second kappa shape index (κ2) is 16.9. The molecule has 2 bridgehead atoms. The van der Waals surface area contributed by atoms with Gasteiger partial charge in [-0.05, 0) is 39.3 Å². The summed E-state index contributed by atoms with van der Waals surface area (Å²) in [5, 5.41) is 58.1. The molecule has 300 valence electrons. The van der Waals surface area contributed by atoms with Crippen LogP contribution in [0.5, 0.6) is 0 Å². The number of nitrogens with one attached hydrogen (secondary N) is 7. The maximum atomic E-state index is 14.3. The van der Waals surface area contributed by atoms with Crippen molar-refractivity contribution in [2.24, 2.45) is 0 Å². The first-order chi connectivity index (χ1) is 25.9. The molecule has 1 aromatic carbocycles. The monoisotopic (exact) mass is 788 g/mol. The molecule has 2 aromatic rings. The highest BCUT2D eigenvalue weighted by molar-refractivity contribution is 7.99. The van der Waals surface area contributed by atoms with Gasteiger partial charge in [0.1, 0.15) is 42.3 Å². The zero-order valence-corrected chi connectivity index (χ0v) is 31.6. The summed E-state index contributed by atoms with van der Waals surface area (Å²) in [6.45, 7) is 4.02. The van der Waals surface area contributed by atoms with Crippen molar-refractivity contribution in [3.05, 3.63) is 29.8 Å². The number of carbonyl (C=O) groups excluding carboxylic acids is 7. The third-order valence-corrected chi connectivity index (χ3v) is 11.0. The molecule has 19 nitrogen and oxygen atoms in total. The van der Waals surface area contributed by atoms with Crippen LogP contribution in [0.4, 0.5) is 0 Å². The number of aliphatic hydroxyl groups excluding tert-OH is 3. The molecule has 0 saturated carbocycles. The molecule has 3 aliphatic rings. The molecule has 1 fully saturated rings. The van der Waals surface area contributed by atoms with E-state index in [0.717, 1.165) is 16.7 Å². The minimum atomic E-state index is -1.90. The summed E-state index contributed by atoms with van der Waals surface area (Å²) in [7, 11) is 0. The fraction of sp³-hybridized carbons (Fsp3) is 0.571. The zero-order valence-electron chi connectivity index (χ0n) is 30.8. The van der Waals surface area contributed by atoms with Crippen LogP contribution >= 0.6 is 11.8 Å². The molecule has 7 amide bonds. The van der Waals surface area contributed by atoms with Gasteiger partial charge in [-0.2, -0.15) is 0 Å². The topological polar surface area (TPSA) is 292 Å². The fourth-order valence-electron chi connectivity index (χ4n) is 6.74. The van der Waals surface area contributed by atoms with E-state index < -0.39 is 114 Å². The number of fused-ring (bicyclic) bond motifs is 5. The number of nitrogens with zero attached hydrogens (tertiary/aromatic N) is 1. The molecule has 11 N–H and O–H groups in total. The lowest BCUT2D eigenvalue weighted by atomic mass is 9.96. The average molecular weight is 789 g/mol. The average Bonchev–Trinajstić information content (AvgIpc) is 3.69. The summed E-state index contributed by atoms with van der Waals surface area (Å²) >= 11 is 1.08. The number of para-hydroxylation sites is 1. The number of hydrogen-bond acceptors (Lipinski definition) is 12. The predicted molar refractivity (Wildman–Crippen MR) is 196 cm³/mol. The van der Waals surface area contributed by atoms with Crippen molar-refractivity contribution in [1.82, 2.24) is 41.8 Å². The van der Waals surface area contributed by atoms with Crippen LogP contribution in [0.1, 0.15) is 46.1 Å². The summed E-state index contributed by atoms with van der Waals surface area (Å²) in [6, 6.07) is -2.86. The Hall–Kier alpha value is -4.76. The Morgan fingerprint density at radius 1 is 0.855 bits per heavy atom. The molecule has 1 aromatic heterocycles. The van der Waals surface area contributed by atoms with Crippen molar-refractivity contribution in [3.8, 4) is 0 Å². The Morgan fingerprint density at radius 3 is 2.16 bits per heavy atom. The van der Waals surface area contributed by atoms with E-state index in [0.29, 0.717) is 21.5 Å². The van der Waals surface area contributed by atoms with Gasteiger partial charge in [-0.25, -0.2) is 0 Å². The second-order valence-electron chi connectivity index (χ2n) is 14.6. The minimum absolute atomic E-state index is 0.170. The van der Waals surface area contributed by atoms with E-state index in [-0.39, 0.29) is 25.1 Å². The van der Waals surface area contributed by atoms with E-state index >= 15 is 0 Å². The number of thioether (sulfide) groups is 1. The van der Waals surface area contributed by atoms with E-state index in [2.05, 4.69) is 36.9 Å². The SMILES string of the molecule is C[C@@H]1NC(=O)[C@H](C[C@](C)(O)CO)NC(=O)[C@@H]2Cc3c([nH]c4ccccc34)SC[C@H](NC(=O)[C@@H]([C@H](C)O)NC1=O)C(=O)N1C[C@@H](O)C[C@H]1C(=O)N[C@@H](C)C(=O)N2. The number of aliphatic hydroxyl groups is 4. The molecule has 0 radical (unpaired) electrons. The Kier molecular flexibility index (Phi) is 12.8. The summed E-state index contributed by atoms with van der Waals surface area (Å²) in [4.78, 5) is 101. The van der Waals surface area contributed by atoms with Gasteiger partial charge in [0.25, 0.3) is 0 Å². The molecular formula is C35H48N8O11S. The molecule has 3 aliphatic heterocycles. The number of aromatic amines is 1. The molecule has 10 atom stereocenters. The van der Waals surface area contributed by atoms with Gasteiger partial charge in [-0.15, -0.1) is 11.8 Å². The number of carbonyl (C=O) groups is 7. The largest absolute Gasteiger partial charge is 0.393 e. The van der Waals surface area contributed by atoms with Crippen LogP contribution in [-0.4, -0.2) is 151 Å². The molecule has 1 saturated heterocycles. The standard InChI is InChI=1S/C35H48N8O11S/c1-15-27(47)38-22-10-20-19-7-5-6-8-21(19)41-33(20)55-13-24(34(53)43-12-18(46)9-25(43)31(51)37-15)40-32(52)26(17(3)45)42-28(48)16(2)36-30(50)23(39-29(22)49)11-35(4,54)14-44/h5-8,15-18,22-26,41,44-46,54H,9-14H2,1-4H3,(H,36,50)(H,37,51)(H,38,47)(H,39,49)(H,40,52)(H,42,48)/t15-,16-,17-,18-,22-,23-,24-,25-,26+,35-/m0/s1. The van der Waals surface area contributed by atoms with Crippen LogP contribution in [0.15, 0.2) is 29.3 Å². The first kappa shape index (κ1) is 41.4. The normalized spacial score (nSPS) is 30.8. The Morgan fingerprint density at radius 2 is 1.49 bits per heavy atom. The number of H-pyrrole nitrogens is 1. The first-order valence-corrected chi connectivity index (χ1v) is 18.9. The lowest BCUT2D eigenvalue weighted by Gasteiger charge is -2.31. The number of rotatable bonds is 4. The van der Waals surface area contributed by atoms with E-state index in [4.69, 9.17) is 0 Å². The summed E-state index contributed by atoms with van der Waals surface area (Å²) in [6.07, 6.45) is -3.53. The maximum absolute atomic E-state index is 14.3. The van der Waals surface area contributed by atoms with Crippen molar-refractivity contribution >= 4 is 64.0 Å². The number of aromatic nitrogens is 1. The van der Waals surface area contributed by atoms with Gasteiger partial charge in [0.2, 0.25) is 41.4 Å². The summed E-state index contributed by atoms with van der Waals surface area (Å²) < 4.78 is 0. The Bertz CT molecular complexity index is 1840. The van der Waals surface area contributed by atoms with Crippen LogP contribution in [0.3, 0.4) is 0 Å². The highest BCUT2D eigenvalue weighted by Gasteiger charge is 2.44. The molecule has 0 aliphatic carbocycles. The number of hydrogen-bond donors (Lipinski definition) is 11. The molecule has 20 heteroatoms. The highest BCUT2D eigenvalue weighted by Crippen LogP contribution is 2.32. The molecule has 4 heterocycles. The minimum Gasteiger partial charge on any atom is -0.393 e. The van der Waals surface area contributed by atoms with E-state index in [9.17, 15) is 54.0 Å². The maximum Gasteiger partial charge on any atom is 0.246 e. The van der Waals surface area contributed by atoms with Crippen molar-refractivity contribution in [3.63, 3.8) is 0 Å². The van der Waals surface area contributed by atoms with Crippen LogP contribution in [-0.2, 0) is 40.0 Å². The third-order valence-electron chi connectivity index (χ3n) is 9.87. The van der Waals surface area contributed by atoms with Gasteiger partial charge >= 0.3 is 0 Å². The first-order valence-electron chi connectivity index (χ1n) is 17.9. The quantitative estimate of drug-likeness (QED) is 0.143.